The summed E-state index contributed by atoms with van der Waals surface area (Å²) >= 11 is 0. The molecular formula is C40H42O8. The van der Waals surface area contributed by atoms with Crippen LogP contribution in [-0.4, -0.2) is 52.9 Å². The lowest BCUT2D eigenvalue weighted by Crippen LogP contribution is -2.07. The fraction of sp³-hybridized carbons (Fsp3) is 0.350. The van der Waals surface area contributed by atoms with E-state index in [1.807, 2.05) is 60.7 Å². The second-order valence-electron chi connectivity index (χ2n) is 10.3. The lowest BCUT2D eigenvalue weighted by molar-refractivity contribution is 0.148. The van der Waals surface area contributed by atoms with Crippen LogP contribution >= 0.6 is 0 Å². The molecule has 8 heteroatoms. The SMILES string of the molecule is C#CCOCc1cc(COCC#C)cc(OCCCOc2ccc(OCCCOc3cc(COCC#C)cc(COCC#C)c3)cc2)c1. The number of hydrogen-bond donors (Lipinski definition) is 0. The van der Waals surface area contributed by atoms with Gasteiger partial charge in [0.1, 0.15) is 49.4 Å². The van der Waals surface area contributed by atoms with Gasteiger partial charge in [0.25, 0.3) is 0 Å². The molecule has 3 aromatic carbocycles. The van der Waals surface area contributed by atoms with E-state index >= 15 is 0 Å². The zero-order valence-corrected chi connectivity index (χ0v) is 27.2. The van der Waals surface area contributed by atoms with Crippen LogP contribution in [0.1, 0.15) is 35.1 Å². The average molecular weight is 651 g/mol. The van der Waals surface area contributed by atoms with Crippen LogP contribution in [0, 0.1) is 49.4 Å². The zero-order chi connectivity index (χ0) is 34.1. The first-order chi connectivity index (χ1) is 23.6. The minimum Gasteiger partial charge on any atom is -0.493 e. The molecule has 0 amide bonds. The lowest BCUT2D eigenvalue weighted by atomic mass is 10.1. The third-order valence-electron chi connectivity index (χ3n) is 6.34. The Morgan fingerprint density at radius 2 is 0.646 bits per heavy atom. The van der Waals surface area contributed by atoms with Gasteiger partial charge in [-0.05, 0) is 70.8 Å². The Morgan fingerprint density at radius 1 is 0.375 bits per heavy atom. The van der Waals surface area contributed by atoms with E-state index in [-0.39, 0.29) is 26.4 Å². The summed E-state index contributed by atoms with van der Waals surface area (Å²) < 4.78 is 45.6. The normalized spacial score (nSPS) is 10.2. The van der Waals surface area contributed by atoms with Gasteiger partial charge in [0.2, 0.25) is 0 Å². The minimum atomic E-state index is 0.238. The molecule has 250 valence electrons. The molecule has 0 saturated heterocycles. The van der Waals surface area contributed by atoms with E-state index in [9.17, 15) is 0 Å². The molecule has 0 aliphatic heterocycles. The molecule has 48 heavy (non-hydrogen) atoms. The van der Waals surface area contributed by atoms with Gasteiger partial charge in [-0.3, -0.25) is 0 Å². The summed E-state index contributed by atoms with van der Waals surface area (Å²) in [5, 5.41) is 0. The third-order valence-corrected chi connectivity index (χ3v) is 6.34. The maximum absolute atomic E-state index is 5.97. The summed E-state index contributed by atoms with van der Waals surface area (Å²) in [7, 11) is 0. The van der Waals surface area contributed by atoms with Crippen molar-refractivity contribution in [3.05, 3.63) is 82.9 Å². The molecule has 0 aliphatic rings. The summed E-state index contributed by atoms with van der Waals surface area (Å²) in [6, 6.07) is 19.2. The Bertz CT molecular complexity index is 1340. The van der Waals surface area contributed by atoms with Crippen LogP contribution < -0.4 is 18.9 Å². The number of hydrogen-bond acceptors (Lipinski definition) is 8. The highest BCUT2D eigenvalue weighted by molar-refractivity contribution is 5.35. The van der Waals surface area contributed by atoms with Gasteiger partial charge < -0.3 is 37.9 Å². The second kappa shape index (κ2) is 23.3. The topological polar surface area (TPSA) is 73.8 Å². The standard InChI is InChI=1S/C40H42O8/c1-5-15-41-29-33-23-34(30-42-16-6-2)26-39(25-33)47-21-9-19-45-37-11-13-38(14-12-37)46-20-10-22-48-40-27-35(31-43-17-7-3)24-36(28-40)32-44-18-8-4/h1-4,11-14,23-28H,9-10,15-22,29-32H2. The predicted octanol–water partition coefficient (Wildman–Crippen LogP) is 5.98. The Hall–Kier alpha value is -5.06. The van der Waals surface area contributed by atoms with Gasteiger partial charge in [-0.1, -0.05) is 35.8 Å². The van der Waals surface area contributed by atoms with Gasteiger partial charge in [-0.2, -0.15) is 0 Å². The van der Waals surface area contributed by atoms with Crippen molar-refractivity contribution in [2.45, 2.75) is 39.3 Å². The maximum Gasteiger partial charge on any atom is 0.120 e. The quantitative estimate of drug-likeness (QED) is 0.0867. The van der Waals surface area contributed by atoms with Crippen LogP contribution in [0.4, 0.5) is 0 Å². The first-order valence-electron chi connectivity index (χ1n) is 15.5. The Labute approximate surface area is 284 Å². The molecular weight excluding hydrogens is 608 g/mol. The van der Waals surface area contributed by atoms with Crippen molar-refractivity contribution >= 4 is 0 Å². The zero-order valence-electron chi connectivity index (χ0n) is 27.2. The third kappa shape index (κ3) is 15.5. The Morgan fingerprint density at radius 3 is 0.917 bits per heavy atom. The van der Waals surface area contributed by atoms with Gasteiger partial charge >= 0.3 is 0 Å². The molecule has 0 heterocycles. The molecule has 0 aromatic heterocycles. The molecule has 0 radical (unpaired) electrons. The number of benzene rings is 3. The molecule has 0 saturated carbocycles. The highest BCUT2D eigenvalue weighted by Crippen LogP contribution is 2.22. The molecule has 0 fully saturated rings. The molecule has 0 bridgehead atoms. The minimum absolute atomic E-state index is 0.238. The summed E-state index contributed by atoms with van der Waals surface area (Å²) in [5.74, 6) is 12.8. The van der Waals surface area contributed by atoms with Gasteiger partial charge in [0, 0.05) is 12.8 Å². The molecule has 0 N–H and O–H groups in total. The number of ether oxygens (including phenoxy) is 8. The van der Waals surface area contributed by atoms with Gasteiger partial charge in [-0.15, -0.1) is 25.7 Å². The van der Waals surface area contributed by atoms with Crippen LogP contribution in [0.25, 0.3) is 0 Å². The fourth-order valence-corrected chi connectivity index (χ4v) is 4.38. The van der Waals surface area contributed by atoms with Gasteiger partial charge in [-0.25, -0.2) is 0 Å². The molecule has 8 nitrogen and oxygen atoms in total. The van der Waals surface area contributed by atoms with Crippen LogP contribution in [-0.2, 0) is 45.4 Å². The monoisotopic (exact) mass is 650 g/mol. The van der Waals surface area contributed by atoms with E-state index in [2.05, 4.69) is 23.7 Å². The van der Waals surface area contributed by atoms with Crippen molar-refractivity contribution in [1.29, 1.82) is 0 Å². The van der Waals surface area contributed by atoms with Crippen molar-refractivity contribution in [3.63, 3.8) is 0 Å². The van der Waals surface area contributed by atoms with Crippen LogP contribution in [0.2, 0.25) is 0 Å². The Kier molecular flexibility index (Phi) is 18.1. The smallest absolute Gasteiger partial charge is 0.120 e. The van der Waals surface area contributed by atoms with Crippen molar-refractivity contribution < 1.29 is 37.9 Å². The molecule has 3 rings (SSSR count). The highest BCUT2D eigenvalue weighted by atomic mass is 16.5. The van der Waals surface area contributed by atoms with E-state index in [4.69, 9.17) is 63.6 Å². The summed E-state index contributed by atoms with van der Waals surface area (Å²) in [6.07, 6.45) is 22.5. The van der Waals surface area contributed by atoms with E-state index < -0.39 is 0 Å². The van der Waals surface area contributed by atoms with E-state index in [1.165, 1.54) is 0 Å². The van der Waals surface area contributed by atoms with E-state index in [0.717, 1.165) is 45.3 Å². The molecule has 0 unspecified atom stereocenters. The molecule has 0 spiro atoms. The molecule has 0 atom stereocenters. The maximum atomic E-state index is 5.97. The lowest BCUT2D eigenvalue weighted by Gasteiger charge is -2.13. The van der Waals surface area contributed by atoms with E-state index in [1.54, 1.807) is 0 Å². The van der Waals surface area contributed by atoms with Crippen molar-refractivity contribution in [2.75, 3.05) is 52.9 Å². The summed E-state index contributed by atoms with van der Waals surface area (Å²) in [5.41, 5.74) is 3.77. The highest BCUT2D eigenvalue weighted by Gasteiger charge is 2.06. The summed E-state index contributed by atoms with van der Waals surface area (Å²) in [6.45, 7) is 4.42. The van der Waals surface area contributed by atoms with Crippen molar-refractivity contribution in [2.24, 2.45) is 0 Å². The molecule has 3 aromatic rings. The molecule has 0 aliphatic carbocycles. The predicted molar refractivity (Wildman–Crippen MR) is 184 cm³/mol. The van der Waals surface area contributed by atoms with Crippen molar-refractivity contribution in [1.82, 2.24) is 0 Å². The fourth-order valence-electron chi connectivity index (χ4n) is 4.38. The number of rotatable bonds is 24. The van der Waals surface area contributed by atoms with Gasteiger partial charge in [0.15, 0.2) is 0 Å². The van der Waals surface area contributed by atoms with Crippen LogP contribution in [0.3, 0.4) is 0 Å². The van der Waals surface area contributed by atoms with Crippen LogP contribution in [0.15, 0.2) is 60.7 Å². The Balaban J connectivity index is 1.36. The largest absolute Gasteiger partial charge is 0.493 e. The average Bonchev–Trinajstić information content (AvgIpc) is 3.09. The van der Waals surface area contributed by atoms with Gasteiger partial charge in [0.05, 0.1) is 52.9 Å². The summed E-state index contributed by atoms with van der Waals surface area (Å²) in [4.78, 5) is 0. The first kappa shape index (κ1) is 37.4. The van der Waals surface area contributed by atoms with E-state index in [0.29, 0.717) is 65.7 Å². The van der Waals surface area contributed by atoms with Crippen LogP contribution in [0.5, 0.6) is 23.0 Å². The number of terminal acetylenes is 4. The van der Waals surface area contributed by atoms with Crippen molar-refractivity contribution in [3.8, 4) is 72.4 Å². The first-order valence-corrected chi connectivity index (χ1v) is 15.5. The second-order valence-corrected chi connectivity index (χ2v) is 10.3.